The summed E-state index contributed by atoms with van der Waals surface area (Å²) < 4.78 is 11.2. The highest BCUT2D eigenvalue weighted by atomic mass is 16.5. The second kappa shape index (κ2) is 6.68. The van der Waals surface area contributed by atoms with Gasteiger partial charge in [-0.1, -0.05) is 0 Å². The van der Waals surface area contributed by atoms with E-state index in [1.54, 1.807) is 0 Å². The summed E-state index contributed by atoms with van der Waals surface area (Å²) in [7, 11) is 5.98. The highest BCUT2D eigenvalue weighted by molar-refractivity contribution is 5.19. The number of nitrogens with one attached hydrogen (secondary N) is 1. The van der Waals surface area contributed by atoms with E-state index in [0.29, 0.717) is 6.61 Å². The van der Waals surface area contributed by atoms with E-state index in [0.717, 1.165) is 31.2 Å². The lowest BCUT2D eigenvalue weighted by Gasteiger charge is -2.08. The van der Waals surface area contributed by atoms with Gasteiger partial charge in [0.1, 0.15) is 18.1 Å². The van der Waals surface area contributed by atoms with E-state index in [9.17, 15) is 0 Å². The molecule has 92 valence electrons. The first-order chi connectivity index (χ1) is 7.63. The summed E-state index contributed by atoms with van der Waals surface area (Å²) in [6, 6.07) is 2.04. The number of rotatable bonds is 7. The van der Waals surface area contributed by atoms with Crippen molar-refractivity contribution in [3.05, 3.63) is 23.2 Å². The Labute approximate surface area is 97.6 Å². The first-order valence-corrected chi connectivity index (χ1v) is 5.58. The third-order valence-electron chi connectivity index (χ3n) is 2.34. The molecule has 0 saturated carbocycles. The molecule has 0 spiro atoms. The molecule has 0 saturated heterocycles. The van der Waals surface area contributed by atoms with Gasteiger partial charge in [-0.25, -0.2) is 0 Å². The van der Waals surface area contributed by atoms with Crippen molar-refractivity contribution >= 4 is 0 Å². The van der Waals surface area contributed by atoms with Gasteiger partial charge in [-0.2, -0.15) is 0 Å². The van der Waals surface area contributed by atoms with Crippen LogP contribution in [0.4, 0.5) is 0 Å². The van der Waals surface area contributed by atoms with Crippen LogP contribution in [0, 0.1) is 6.92 Å². The second-order valence-corrected chi connectivity index (χ2v) is 4.21. The van der Waals surface area contributed by atoms with Crippen molar-refractivity contribution in [3.63, 3.8) is 0 Å². The van der Waals surface area contributed by atoms with Crippen molar-refractivity contribution in [1.82, 2.24) is 10.2 Å². The van der Waals surface area contributed by atoms with Gasteiger partial charge in [0.25, 0.3) is 0 Å². The van der Waals surface area contributed by atoms with Gasteiger partial charge >= 0.3 is 0 Å². The molecule has 16 heavy (non-hydrogen) atoms. The average Bonchev–Trinajstić information content (AvgIpc) is 2.55. The van der Waals surface area contributed by atoms with Gasteiger partial charge in [-0.3, -0.25) is 0 Å². The van der Waals surface area contributed by atoms with Crippen LogP contribution in [0.15, 0.2) is 10.5 Å². The molecule has 0 fully saturated rings. The van der Waals surface area contributed by atoms with Crippen molar-refractivity contribution in [2.75, 3.05) is 34.3 Å². The molecule has 0 radical (unpaired) electrons. The van der Waals surface area contributed by atoms with E-state index in [1.165, 1.54) is 5.56 Å². The van der Waals surface area contributed by atoms with Gasteiger partial charge < -0.3 is 19.4 Å². The fourth-order valence-corrected chi connectivity index (χ4v) is 1.42. The van der Waals surface area contributed by atoms with Gasteiger partial charge in [-0.15, -0.1) is 0 Å². The first-order valence-electron chi connectivity index (χ1n) is 5.58. The molecule has 0 aromatic carbocycles. The van der Waals surface area contributed by atoms with Crippen LogP contribution in [0.2, 0.25) is 0 Å². The quantitative estimate of drug-likeness (QED) is 0.713. The Hall–Kier alpha value is -0.840. The molecule has 1 rings (SSSR count). The van der Waals surface area contributed by atoms with E-state index in [1.807, 2.05) is 27.2 Å². The molecule has 0 aliphatic carbocycles. The number of furan rings is 1. The Morgan fingerprint density at radius 3 is 2.81 bits per heavy atom. The van der Waals surface area contributed by atoms with Crippen LogP contribution >= 0.6 is 0 Å². The number of likely N-dealkylation sites (N-methyl/N-ethyl adjacent to an activating group) is 1. The fraction of sp³-hybridized carbons (Fsp3) is 0.667. The molecule has 1 aromatic heterocycles. The topological polar surface area (TPSA) is 37.6 Å². The number of hydrogen-bond donors (Lipinski definition) is 1. The zero-order valence-electron chi connectivity index (χ0n) is 10.7. The summed E-state index contributed by atoms with van der Waals surface area (Å²) in [5, 5.41) is 3.08. The van der Waals surface area contributed by atoms with Crippen LogP contribution in [-0.2, 0) is 17.9 Å². The molecule has 1 aromatic rings. The maximum atomic E-state index is 5.66. The molecule has 0 unspecified atom stereocenters. The third kappa shape index (κ3) is 4.35. The van der Waals surface area contributed by atoms with Gasteiger partial charge in [0.05, 0.1) is 13.2 Å². The van der Waals surface area contributed by atoms with Gasteiger partial charge in [0, 0.05) is 6.54 Å². The van der Waals surface area contributed by atoms with E-state index < -0.39 is 0 Å². The summed E-state index contributed by atoms with van der Waals surface area (Å²) in [5.41, 5.74) is 1.18. The molecule has 1 N–H and O–H groups in total. The zero-order chi connectivity index (χ0) is 12.0. The van der Waals surface area contributed by atoms with Gasteiger partial charge in [-0.05, 0) is 39.7 Å². The normalized spacial score (nSPS) is 11.3. The molecule has 0 aliphatic rings. The standard InChI is InChI=1S/C12H22N2O2/c1-10-7-11(16-12(10)8-13-2)9-15-6-5-14(3)4/h7,13H,5-6,8-9H2,1-4H3. The van der Waals surface area contributed by atoms with E-state index >= 15 is 0 Å². The molecule has 0 aliphatic heterocycles. The molecule has 0 atom stereocenters. The average molecular weight is 226 g/mol. The molecule has 4 nitrogen and oxygen atoms in total. The van der Waals surface area contributed by atoms with Crippen LogP contribution in [0.25, 0.3) is 0 Å². The SMILES string of the molecule is CNCc1oc(COCCN(C)C)cc1C. The van der Waals surface area contributed by atoms with Crippen LogP contribution in [0.3, 0.4) is 0 Å². The zero-order valence-corrected chi connectivity index (χ0v) is 10.7. The number of hydrogen-bond acceptors (Lipinski definition) is 4. The Balaban J connectivity index is 2.34. The van der Waals surface area contributed by atoms with Gasteiger partial charge in [0.2, 0.25) is 0 Å². The lowest BCUT2D eigenvalue weighted by molar-refractivity contribution is 0.0918. The summed E-state index contributed by atoms with van der Waals surface area (Å²) in [4.78, 5) is 2.10. The van der Waals surface area contributed by atoms with Crippen LogP contribution < -0.4 is 5.32 Å². The molecule has 0 bridgehead atoms. The van der Waals surface area contributed by atoms with Crippen molar-refractivity contribution < 1.29 is 9.15 Å². The summed E-state index contributed by atoms with van der Waals surface area (Å²) in [6.07, 6.45) is 0. The smallest absolute Gasteiger partial charge is 0.130 e. The van der Waals surface area contributed by atoms with Gasteiger partial charge in [0.15, 0.2) is 0 Å². The number of nitrogens with zero attached hydrogens (tertiary/aromatic N) is 1. The van der Waals surface area contributed by atoms with E-state index in [2.05, 4.69) is 17.1 Å². The molecule has 4 heteroatoms. The summed E-state index contributed by atoms with van der Waals surface area (Å²) in [5.74, 6) is 1.90. The van der Waals surface area contributed by atoms with Crippen molar-refractivity contribution in [1.29, 1.82) is 0 Å². The minimum absolute atomic E-state index is 0.554. The predicted octanol–water partition coefficient (Wildman–Crippen LogP) is 1.39. The molecular formula is C12H22N2O2. The van der Waals surface area contributed by atoms with Crippen molar-refractivity contribution in [2.45, 2.75) is 20.1 Å². The Bertz CT molecular complexity index is 308. The monoisotopic (exact) mass is 226 g/mol. The third-order valence-corrected chi connectivity index (χ3v) is 2.34. The fourth-order valence-electron chi connectivity index (χ4n) is 1.42. The van der Waals surface area contributed by atoms with E-state index in [4.69, 9.17) is 9.15 Å². The van der Waals surface area contributed by atoms with Crippen molar-refractivity contribution in [3.8, 4) is 0 Å². The summed E-state index contributed by atoms with van der Waals surface area (Å²) >= 11 is 0. The molecule has 1 heterocycles. The maximum Gasteiger partial charge on any atom is 0.130 e. The Morgan fingerprint density at radius 1 is 1.44 bits per heavy atom. The first kappa shape index (κ1) is 13.2. The minimum atomic E-state index is 0.554. The molecule has 0 amide bonds. The largest absolute Gasteiger partial charge is 0.462 e. The Morgan fingerprint density at radius 2 is 2.19 bits per heavy atom. The van der Waals surface area contributed by atoms with Crippen LogP contribution in [0.5, 0.6) is 0 Å². The second-order valence-electron chi connectivity index (χ2n) is 4.21. The van der Waals surface area contributed by atoms with Crippen molar-refractivity contribution in [2.24, 2.45) is 0 Å². The molecular weight excluding hydrogens is 204 g/mol. The number of ether oxygens (including phenoxy) is 1. The minimum Gasteiger partial charge on any atom is -0.462 e. The highest BCUT2D eigenvalue weighted by Crippen LogP contribution is 2.15. The highest BCUT2D eigenvalue weighted by Gasteiger charge is 2.06. The summed E-state index contributed by atoms with van der Waals surface area (Å²) in [6.45, 7) is 5.04. The number of aryl methyl sites for hydroxylation is 1. The lowest BCUT2D eigenvalue weighted by atomic mass is 10.2. The van der Waals surface area contributed by atoms with E-state index in [-0.39, 0.29) is 0 Å². The maximum absolute atomic E-state index is 5.66. The lowest BCUT2D eigenvalue weighted by Crippen LogP contribution is -2.17. The van der Waals surface area contributed by atoms with Crippen LogP contribution in [0.1, 0.15) is 17.1 Å². The Kier molecular flexibility index (Phi) is 5.52. The van der Waals surface area contributed by atoms with Crippen LogP contribution in [-0.4, -0.2) is 39.2 Å². The predicted molar refractivity (Wildman–Crippen MR) is 64.4 cm³/mol.